The summed E-state index contributed by atoms with van der Waals surface area (Å²) in [6.45, 7) is 6.79. The summed E-state index contributed by atoms with van der Waals surface area (Å²) in [6.07, 6.45) is 3.05. The monoisotopic (exact) mass is 318 g/mol. The van der Waals surface area contributed by atoms with Crippen LogP contribution < -0.4 is 4.74 Å². The number of aromatic amines is 1. The van der Waals surface area contributed by atoms with Crippen LogP contribution in [0, 0.1) is 0 Å². The Morgan fingerprint density at radius 2 is 2.26 bits per heavy atom. The highest BCUT2D eigenvalue weighted by atomic mass is 16.6. The Bertz CT molecular complexity index is 659. The molecular formula is C16H22N4O3. The van der Waals surface area contributed by atoms with Crippen molar-refractivity contribution in [3.63, 3.8) is 0 Å². The Morgan fingerprint density at radius 1 is 1.43 bits per heavy atom. The standard InChI is InChI=1S/C16H22N4O3/c1-16(2,3)23-15(21)20-9-5-6-11(10-20)22-14-18-12-7-4-8-17-13(12)19-14/h4,7-8,11H,5-6,9-10H2,1-3H3,(H,17,18,19). The van der Waals surface area contributed by atoms with Crippen LogP contribution in [-0.2, 0) is 4.74 Å². The molecule has 23 heavy (non-hydrogen) atoms. The van der Waals surface area contributed by atoms with E-state index in [0.717, 1.165) is 18.4 Å². The maximum Gasteiger partial charge on any atom is 0.410 e. The summed E-state index contributed by atoms with van der Waals surface area (Å²) in [4.78, 5) is 25.4. The lowest BCUT2D eigenvalue weighted by Crippen LogP contribution is -2.46. The highest BCUT2D eigenvalue weighted by Gasteiger charge is 2.29. The number of nitrogens with zero attached hydrogens (tertiary/aromatic N) is 3. The van der Waals surface area contributed by atoms with Crippen LogP contribution in [0.4, 0.5) is 4.79 Å². The van der Waals surface area contributed by atoms with Crippen molar-refractivity contribution in [1.29, 1.82) is 0 Å². The number of ether oxygens (including phenoxy) is 2. The Hall–Kier alpha value is -2.31. The topological polar surface area (TPSA) is 80.3 Å². The number of piperidine rings is 1. The number of carbonyl (C=O) groups excluding carboxylic acids is 1. The predicted octanol–water partition coefficient (Wildman–Crippen LogP) is 2.74. The molecule has 7 nitrogen and oxygen atoms in total. The van der Waals surface area contributed by atoms with Crippen molar-refractivity contribution >= 4 is 17.3 Å². The molecule has 7 heteroatoms. The van der Waals surface area contributed by atoms with E-state index >= 15 is 0 Å². The van der Waals surface area contributed by atoms with Gasteiger partial charge in [0.2, 0.25) is 0 Å². The maximum atomic E-state index is 12.2. The van der Waals surface area contributed by atoms with Crippen LogP contribution in [0.2, 0.25) is 0 Å². The molecule has 1 unspecified atom stereocenters. The van der Waals surface area contributed by atoms with Crippen molar-refractivity contribution in [2.24, 2.45) is 0 Å². The Labute approximate surface area is 135 Å². The number of pyridine rings is 1. The number of imidazole rings is 1. The summed E-state index contributed by atoms with van der Waals surface area (Å²) < 4.78 is 11.3. The smallest absolute Gasteiger partial charge is 0.410 e. The first kappa shape index (κ1) is 15.6. The minimum Gasteiger partial charge on any atom is -0.460 e. The van der Waals surface area contributed by atoms with Gasteiger partial charge in [-0.2, -0.15) is 4.98 Å². The zero-order valence-electron chi connectivity index (χ0n) is 13.7. The van der Waals surface area contributed by atoms with E-state index < -0.39 is 5.60 Å². The first-order valence-electron chi connectivity index (χ1n) is 7.86. The molecule has 2 aromatic rings. The SMILES string of the molecule is CC(C)(C)OC(=O)N1CCCC(Oc2nc3ncccc3[nH]2)C1. The Kier molecular flexibility index (Phi) is 4.11. The number of amides is 1. The Morgan fingerprint density at radius 3 is 3.00 bits per heavy atom. The quantitative estimate of drug-likeness (QED) is 0.921. The van der Waals surface area contributed by atoms with Crippen LogP contribution in [0.25, 0.3) is 11.2 Å². The first-order valence-corrected chi connectivity index (χ1v) is 7.86. The lowest BCUT2D eigenvalue weighted by Gasteiger charge is -2.33. The zero-order valence-corrected chi connectivity index (χ0v) is 13.7. The second-order valence-corrected chi connectivity index (χ2v) is 6.72. The van der Waals surface area contributed by atoms with E-state index in [1.807, 2.05) is 32.9 Å². The second-order valence-electron chi connectivity index (χ2n) is 6.72. The van der Waals surface area contributed by atoms with E-state index in [9.17, 15) is 4.79 Å². The second kappa shape index (κ2) is 6.06. The summed E-state index contributed by atoms with van der Waals surface area (Å²) in [7, 11) is 0. The molecular weight excluding hydrogens is 296 g/mol. The van der Waals surface area contributed by atoms with Crippen molar-refractivity contribution in [2.75, 3.05) is 13.1 Å². The van der Waals surface area contributed by atoms with Crippen LogP contribution >= 0.6 is 0 Å². The molecule has 124 valence electrons. The van der Waals surface area contributed by atoms with E-state index in [-0.39, 0.29) is 12.2 Å². The molecule has 1 N–H and O–H groups in total. The van der Waals surface area contributed by atoms with E-state index in [0.29, 0.717) is 24.7 Å². The summed E-state index contributed by atoms with van der Waals surface area (Å²) in [5, 5.41) is 0. The zero-order chi connectivity index (χ0) is 16.4. The third kappa shape index (κ3) is 3.91. The normalized spacial score (nSPS) is 18.9. The molecule has 1 aliphatic rings. The molecule has 1 saturated heterocycles. The maximum absolute atomic E-state index is 12.2. The fraction of sp³-hybridized carbons (Fsp3) is 0.562. The summed E-state index contributed by atoms with van der Waals surface area (Å²) in [6, 6.07) is 4.18. The Balaban J connectivity index is 1.63. The minimum atomic E-state index is -0.491. The summed E-state index contributed by atoms with van der Waals surface area (Å²) in [5.74, 6) is 0. The molecule has 1 amide bonds. The number of carbonyl (C=O) groups is 1. The molecule has 0 aromatic carbocycles. The van der Waals surface area contributed by atoms with E-state index in [1.54, 1.807) is 11.1 Å². The van der Waals surface area contributed by atoms with Gasteiger partial charge in [0.05, 0.1) is 12.1 Å². The van der Waals surface area contributed by atoms with Gasteiger partial charge >= 0.3 is 6.09 Å². The van der Waals surface area contributed by atoms with Crippen LogP contribution in [0.15, 0.2) is 18.3 Å². The van der Waals surface area contributed by atoms with Crippen molar-refractivity contribution in [3.8, 4) is 6.01 Å². The third-order valence-corrected chi connectivity index (χ3v) is 3.54. The van der Waals surface area contributed by atoms with Crippen LogP contribution in [0.5, 0.6) is 6.01 Å². The van der Waals surface area contributed by atoms with Gasteiger partial charge in [0.1, 0.15) is 11.7 Å². The van der Waals surface area contributed by atoms with Crippen LogP contribution in [-0.4, -0.2) is 50.7 Å². The predicted molar refractivity (Wildman–Crippen MR) is 85.3 cm³/mol. The molecule has 1 atom stereocenters. The van der Waals surface area contributed by atoms with Crippen molar-refractivity contribution in [3.05, 3.63) is 18.3 Å². The van der Waals surface area contributed by atoms with Crippen molar-refractivity contribution in [1.82, 2.24) is 19.9 Å². The highest BCUT2D eigenvalue weighted by Crippen LogP contribution is 2.20. The molecule has 0 aliphatic carbocycles. The number of fused-ring (bicyclic) bond motifs is 1. The fourth-order valence-electron chi connectivity index (χ4n) is 2.56. The van der Waals surface area contributed by atoms with Gasteiger partial charge in [-0.3, -0.25) is 0 Å². The molecule has 0 spiro atoms. The van der Waals surface area contributed by atoms with Gasteiger partial charge in [-0.1, -0.05) is 0 Å². The van der Waals surface area contributed by atoms with E-state index in [4.69, 9.17) is 9.47 Å². The lowest BCUT2D eigenvalue weighted by atomic mass is 10.1. The number of rotatable bonds is 2. The lowest BCUT2D eigenvalue weighted by molar-refractivity contribution is 0.00675. The minimum absolute atomic E-state index is 0.100. The first-order chi connectivity index (χ1) is 10.9. The van der Waals surface area contributed by atoms with Crippen molar-refractivity contribution in [2.45, 2.75) is 45.3 Å². The average molecular weight is 318 g/mol. The largest absolute Gasteiger partial charge is 0.460 e. The average Bonchev–Trinajstić information content (AvgIpc) is 2.88. The number of likely N-dealkylation sites (tertiary alicyclic amines) is 1. The fourth-order valence-corrected chi connectivity index (χ4v) is 2.56. The van der Waals surface area contributed by atoms with E-state index in [1.165, 1.54) is 0 Å². The number of H-pyrrole nitrogens is 1. The van der Waals surface area contributed by atoms with Gasteiger partial charge in [0, 0.05) is 12.7 Å². The van der Waals surface area contributed by atoms with Gasteiger partial charge < -0.3 is 19.4 Å². The molecule has 0 radical (unpaired) electrons. The van der Waals surface area contributed by atoms with Gasteiger partial charge in [-0.05, 0) is 45.7 Å². The number of aromatic nitrogens is 3. The molecule has 2 aromatic heterocycles. The van der Waals surface area contributed by atoms with E-state index in [2.05, 4.69) is 15.0 Å². The molecule has 1 fully saturated rings. The van der Waals surface area contributed by atoms with Crippen molar-refractivity contribution < 1.29 is 14.3 Å². The van der Waals surface area contributed by atoms with Gasteiger partial charge in [-0.15, -0.1) is 0 Å². The van der Waals surface area contributed by atoms with Gasteiger partial charge in [0.15, 0.2) is 5.65 Å². The van der Waals surface area contributed by atoms with Crippen LogP contribution in [0.1, 0.15) is 33.6 Å². The summed E-state index contributed by atoms with van der Waals surface area (Å²) >= 11 is 0. The highest BCUT2D eigenvalue weighted by molar-refractivity contribution is 5.70. The molecule has 3 rings (SSSR count). The van der Waals surface area contributed by atoms with Crippen LogP contribution in [0.3, 0.4) is 0 Å². The number of nitrogens with one attached hydrogen (secondary N) is 1. The third-order valence-electron chi connectivity index (χ3n) is 3.54. The number of hydrogen-bond acceptors (Lipinski definition) is 5. The molecule has 0 saturated carbocycles. The summed E-state index contributed by atoms with van der Waals surface area (Å²) in [5.41, 5.74) is 0.972. The molecule has 1 aliphatic heterocycles. The molecule has 3 heterocycles. The van der Waals surface area contributed by atoms with Gasteiger partial charge in [0.25, 0.3) is 6.01 Å². The number of hydrogen-bond donors (Lipinski definition) is 1. The van der Waals surface area contributed by atoms with Gasteiger partial charge in [-0.25, -0.2) is 9.78 Å². The molecule has 0 bridgehead atoms.